The van der Waals surface area contributed by atoms with E-state index in [4.69, 9.17) is 9.84 Å². The number of hydrogen-bond acceptors (Lipinski definition) is 3. The summed E-state index contributed by atoms with van der Waals surface area (Å²) in [7, 11) is 0. The minimum Gasteiger partial charge on any atom is -0.496 e. The minimum absolute atomic E-state index is 0.0622. The molecule has 1 rings (SSSR count). The maximum absolute atomic E-state index is 9.36. The molecule has 3 heteroatoms. The van der Waals surface area contributed by atoms with Crippen LogP contribution in [0.1, 0.15) is 32.6 Å². The number of aliphatic hydroxyl groups excluding tert-OH is 2. The van der Waals surface area contributed by atoms with Gasteiger partial charge in [-0.3, -0.25) is 0 Å². The summed E-state index contributed by atoms with van der Waals surface area (Å²) in [5.74, 6) is 1.42. The van der Waals surface area contributed by atoms with E-state index < -0.39 is 0 Å². The molecule has 0 aromatic carbocycles. The van der Waals surface area contributed by atoms with Gasteiger partial charge in [0, 0.05) is 5.92 Å². The van der Waals surface area contributed by atoms with Crippen LogP contribution in [0.3, 0.4) is 0 Å². The molecule has 1 aliphatic carbocycles. The van der Waals surface area contributed by atoms with Crippen LogP contribution in [0.5, 0.6) is 0 Å². The summed E-state index contributed by atoms with van der Waals surface area (Å²) >= 11 is 0. The summed E-state index contributed by atoms with van der Waals surface area (Å²) in [4.78, 5) is 0. The zero-order valence-electron chi connectivity index (χ0n) is 8.78. The predicted octanol–water partition coefficient (Wildman–Crippen LogP) is 1.45. The lowest BCUT2D eigenvalue weighted by molar-refractivity contribution is 0.0799. The van der Waals surface area contributed by atoms with Crippen molar-refractivity contribution >= 4 is 0 Å². The van der Waals surface area contributed by atoms with Crippen molar-refractivity contribution in [1.29, 1.82) is 0 Å². The Morgan fingerprint density at radius 2 is 2.00 bits per heavy atom. The Balaban J connectivity index is 2.37. The highest BCUT2D eigenvalue weighted by molar-refractivity contribution is 4.99. The molecule has 1 saturated carbocycles. The van der Waals surface area contributed by atoms with E-state index >= 15 is 0 Å². The van der Waals surface area contributed by atoms with E-state index in [1.165, 1.54) is 0 Å². The first-order valence-corrected chi connectivity index (χ1v) is 5.35. The molecule has 0 amide bonds. The molecule has 82 valence electrons. The number of ether oxygens (including phenoxy) is 1. The lowest BCUT2D eigenvalue weighted by Gasteiger charge is -2.27. The average Bonchev–Trinajstić information content (AvgIpc) is 2.21. The van der Waals surface area contributed by atoms with Gasteiger partial charge in [-0.2, -0.15) is 0 Å². The van der Waals surface area contributed by atoms with Crippen LogP contribution in [-0.4, -0.2) is 29.5 Å². The second-order valence-electron chi connectivity index (χ2n) is 3.77. The van der Waals surface area contributed by atoms with Crippen LogP contribution in [0.15, 0.2) is 11.8 Å². The van der Waals surface area contributed by atoms with E-state index in [-0.39, 0.29) is 12.7 Å². The molecule has 3 nitrogen and oxygen atoms in total. The Morgan fingerprint density at radius 3 is 2.50 bits per heavy atom. The van der Waals surface area contributed by atoms with Crippen LogP contribution in [0, 0.1) is 5.92 Å². The van der Waals surface area contributed by atoms with Crippen LogP contribution in [0.2, 0.25) is 0 Å². The van der Waals surface area contributed by atoms with Gasteiger partial charge in [0.25, 0.3) is 0 Å². The molecule has 14 heavy (non-hydrogen) atoms. The maximum atomic E-state index is 9.36. The van der Waals surface area contributed by atoms with Crippen molar-refractivity contribution in [1.82, 2.24) is 0 Å². The standard InChI is InChI=1S/C11H20O3/c1-2-11(14-8-7-12)9-3-5-10(13)6-4-9/h2,9-10,12-13H,3-8H2,1H3/b11-2-. The molecule has 0 radical (unpaired) electrons. The highest BCUT2D eigenvalue weighted by Crippen LogP contribution is 2.30. The summed E-state index contributed by atoms with van der Waals surface area (Å²) in [5, 5.41) is 18.0. The van der Waals surface area contributed by atoms with Crippen molar-refractivity contribution < 1.29 is 14.9 Å². The van der Waals surface area contributed by atoms with Crippen LogP contribution in [0.4, 0.5) is 0 Å². The Morgan fingerprint density at radius 1 is 1.36 bits per heavy atom. The topological polar surface area (TPSA) is 49.7 Å². The minimum atomic E-state index is -0.123. The van der Waals surface area contributed by atoms with E-state index in [0.717, 1.165) is 31.4 Å². The molecular weight excluding hydrogens is 180 g/mol. The zero-order chi connectivity index (χ0) is 10.4. The molecule has 1 aliphatic rings. The molecule has 0 atom stereocenters. The van der Waals surface area contributed by atoms with Gasteiger partial charge in [0.15, 0.2) is 0 Å². The van der Waals surface area contributed by atoms with Gasteiger partial charge in [0.1, 0.15) is 6.61 Å². The Kier molecular flexibility index (Phi) is 4.98. The van der Waals surface area contributed by atoms with Crippen LogP contribution < -0.4 is 0 Å². The smallest absolute Gasteiger partial charge is 0.111 e. The molecular formula is C11H20O3. The monoisotopic (exact) mass is 200 g/mol. The average molecular weight is 200 g/mol. The molecule has 0 aliphatic heterocycles. The summed E-state index contributed by atoms with van der Waals surface area (Å²) in [6.45, 7) is 2.39. The third-order valence-electron chi connectivity index (χ3n) is 2.74. The van der Waals surface area contributed by atoms with Gasteiger partial charge in [-0.1, -0.05) is 0 Å². The Hall–Kier alpha value is -0.540. The van der Waals surface area contributed by atoms with Crippen molar-refractivity contribution in [2.24, 2.45) is 5.92 Å². The second kappa shape index (κ2) is 6.04. The SMILES string of the molecule is C/C=C(\OCCO)C1CCC(O)CC1. The molecule has 0 heterocycles. The van der Waals surface area contributed by atoms with E-state index in [1.807, 2.05) is 13.0 Å². The van der Waals surface area contributed by atoms with Crippen molar-refractivity contribution in [3.05, 3.63) is 11.8 Å². The number of aliphatic hydroxyl groups is 2. The first kappa shape index (κ1) is 11.5. The second-order valence-corrected chi connectivity index (χ2v) is 3.77. The van der Waals surface area contributed by atoms with Crippen LogP contribution >= 0.6 is 0 Å². The maximum Gasteiger partial charge on any atom is 0.111 e. The van der Waals surface area contributed by atoms with Crippen LogP contribution in [0.25, 0.3) is 0 Å². The number of allylic oxidation sites excluding steroid dienone is 2. The fourth-order valence-corrected chi connectivity index (χ4v) is 1.96. The fraction of sp³-hybridized carbons (Fsp3) is 0.818. The van der Waals surface area contributed by atoms with Crippen molar-refractivity contribution in [2.45, 2.75) is 38.7 Å². The Labute approximate surface area is 85.4 Å². The first-order chi connectivity index (χ1) is 6.77. The van der Waals surface area contributed by atoms with Gasteiger partial charge in [-0.05, 0) is 38.7 Å². The molecule has 1 fully saturated rings. The van der Waals surface area contributed by atoms with E-state index in [2.05, 4.69) is 0 Å². The number of hydrogen-bond donors (Lipinski definition) is 2. The van der Waals surface area contributed by atoms with Gasteiger partial charge in [0.05, 0.1) is 18.5 Å². The molecule has 0 unspecified atom stereocenters. The van der Waals surface area contributed by atoms with Gasteiger partial charge < -0.3 is 14.9 Å². The molecule has 2 N–H and O–H groups in total. The van der Waals surface area contributed by atoms with Crippen molar-refractivity contribution in [3.8, 4) is 0 Å². The molecule has 0 aromatic heterocycles. The normalized spacial score (nSPS) is 28.9. The summed E-state index contributed by atoms with van der Waals surface area (Å²) in [5.41, 5.74) is 0. The molecule has 0 saturated heterocycles. The van der Waals surface area contributed by atoms with E-state index in [9.17, 15) is 5.11 Å². The largest absolute Gasteiger partial charge is 0.496 e. The Bertz CT molecular complexity index is 181. The lowest BCUT2D eigenvalue weighted by Crippen LogP contribution is -2.21. The first-order valence-electron chi connectivity index (χ1n) is 5.35. The van der Waals surface area contributed by atoms with E-state index in [0.29, 0.717) is 12.5 Å². The van der Waals surface area contributed by atoms with Gasteiger partial charge in [-0.15, -0.1) is 0 Å². The molecule has 0 bridgehead atoms. The van der Waals surface area contributed by atoms with Gasteiger partial charge in [-0.25, -0.2) is 0 Å². The van der Waals surface area contributed by atoms with Crippen molar-refractivity contribution in [2.75, 3.05) is 13.2 Å². The summed E-state index contributed by atoms with van der Waals surface area (Å²) in [6.07, 6.45) is 5.56. The third kappa shape index (κ3) is 3.31. The highest BCUT2D eigenvalue weighted by Gasteiger charge is 2.22. The van der Waals surface area contributed by atoms with Crippen LogP contribution in [-0.2, 0) is 4.74 Å². The predicted molar refractivity (Wildman–Crippen MR) is 54.8 cm³/mol. The van der Waals surface area contributed by atoms with Gasteiger partial charge in [0.2, 0.25) is 0 Å². The lowest BCUT2D eigenvalue weighted by atomic mass is 9.86. The summed E-state index contributed by atoms with van der Waals surface area (Å²) in [6, 6.07) is 0. The van der Waals surface area contributed by atoms with E-state index in [1.54, 1.807) is 0 Å². The fourth-order valence-electron chi connectivity index (χ4n) is 1.96. The molecule has 0 spiro atoms. The summed E-state index contributed by atoms with van der Waals surface area (Å²) < 4.78 is 5.44. The quantitative estimate of drug-likeness (QED) is 0.675. The highest BCUT2D eigenvalue weighted by atomic mass is 16.5. The third-order valence-corrected chi connectivity index (χ3v) is 2.74. The van der Waals surface area contributed by atoms with Gasteiger partial charge >= 0.3 is 0 Å². The zero-order valence-corrected chi connectivity index (χ0v) is 8.78. The molecule has 0 aromatic rings. The number of rotatable bonds is 4. The van der Waals surface area contributed by atoms with Crippen molar-refractivity contribution in [3.63, 3.8) is 0 Å².